The van der Waals surface area contributed by atoms with Crippen LogP contribution < -0.4 is 4.74 Å². The lowest BCUT2D eigenvalue weighted by molar-refractivity contribution is 0.417. The summed E-state index contributed by atoms with van der Waals surface area (Å²) in [5.74, 6) is 0.883. The van der Waals surface area contributed by atoms with E-state index in [-0.39, 0.29) is 10.8 Å². The highest BCUT2D eigenvalue weighted by Gasteiger charge is 2.22. The topological polar surface area (TPSA) is 22.1 Å². The molecule has 0 spiro atoms. The van der Waals surface area contributed by atoms with Crippen molar-refractivity contribution in [2.24, 2.45) is 0 Å². The van der Waals surface area contributed by atoms with Crippen LogP contribution in [0.2, 0.25) is 0 Å². The summed E-state index contributed by atoms with van der Waals surface area (Å²) in [6.07, 6.45) is 0. The second kappa shape index (κ2) is 4.48. The van der Waals surface area contributed by atoms with Crippen molar-refractivity contribution in [3.05, 3.63) is 22.7 Å². The number of hydrogen-bond acceptors (Lipinski definition) is 3. The Balaban J connectivity index is 2.70. The van der Waals surface area contributed by atoms with Crippen molar-refractivity contribution in [2.75, 3.05) is 7.11 Å². The number of benzene rings is 1. The molecule has 1 heterocycles. The van der Waals surface area contributed by atoms with E-state index >= 15 is 0 Å². The molecule has 1 aromatic heterocycles. The minimum Gasteiger partial charge on any atom is -0.494 e. The largest absolute Gasteiger partial charge is 0.494 e. The Kier molecular flexibility index (Phi) is 3.38. The molecule has 2 aromatic rings. The molecule has 0 amide bonds. The van der Waals surface area contributed by atoms with E-state index in [9.17, 15) is 0 Å². The second-order valence-electron chi connectivity index (χ2n) is 7.04. The van der Waals surface area contributed by atoms with Crippen LogP contribution in [0.3, 0.4) is 0 Å². The maximum absolute atomic E-state index is 5.53. The van der Waals surface area contributed by atoms with Gasteiger partial charge in [0, 0.05) is 5.41 Å². The molecule has 0 saturated heterocycles. The summed E-state index contributed by atoms with van der Waals surface area (Å²) in [6, 6.07) is 4.37. The molecule has 19 heavy (non-hydrogen) atoms. The highest BCUT2D eigenvalue weighted by molar-refractivity contribution is 7.18. The Bertz CT molecular complexity index is 599. The first-order chi connectivity index (χ1) is 8.63. The predicted octanol–water partition coefficient (Wildman–Crippen LogP) is 4.90. The van der Waals surface area contributed by atoms with Crippen molar-refractivity contribution < 1.29 is 4.74 Å². The molecule has 104 valence electrons. The highest BCUT2D eigenvalue weighted by Crippen LogP contribution is 2.38. The predicted molar refractivity (Wildman–Crippen MR) is 83.6 cm³/mol. The molecule has 0 aliphatic heterocycles. The number of ether oxygens (including phenoxy) is 1. The van der Waals surface area contributed by atoms with E-state index in [4.69, 9.17) is 9.72 Å². The van der Waals surface area contributed by atoms with Gasteiger partial charge in [-0.15, -0.1) is 11.3 Å². The van der Waals surface area contributed by atoms with Crippen LogP contribution in [0.4, 0.5) is 0 Å². The van der Waals surface area contributed by atoms with Crippen LogP contribution in [0.5, 0.6) is 5.75 Å². The Morgan fingerprint density at radius 1 is 1.00 bits per heavy atom. The van der Waals surface area contributed by atoms with Gasteiger partial charge in [-0.1, -0.05) is 41.5 Å². The van der Waals surface area contributed by atoms with E-state index in [1.54, 1.807) is 18.4 Å². The number of thiazole rings is 1. The van der Waals surface area contributed by atoms with Crippen molar-refractivity contribution in [3.8, 4) is 5.75 Å². The van der Waals surface area contributed by atoms with Gasteiger partial charge < -0.3 is 4.74 Å². The standard InChI is InChI=1S/C16H23NOS/c1-15(2,3)10-8-11(18-7)13-12(9-10)19-14(17-13)16(4,5)6/h8-9H,1-7H3. The summed E-state index contributed by atoms with van der Waals surface area (Å²) in [5.41, 5.74) is 2.48. The quantitative estimate of drug-likeness (QED) is 0.739. The molecule has 3 heteroatoms. The Hall–Kier alpha value is -1.09. The minimum atomic E-state index is 0.0800. The Labute approximate surface area is 119 Å². The van der Waals surface area contributed by atoms with Gasteiger partial charge in [0.1, 0.15) is 11.3 Å². The summed E-state index contributed by atoms with van der Waals surface area (Å²) in [6.45, 7) is 13.3. The van der Waals surface area contributed by atoms with E-state index in [1.165, 1.54) is 10.3 Å². The molecule has 0 unspecified atom stereocenters. The first-order valence-corrected chi connectivity index (χ1v) is 7.44. The third-order valence-corrected chi connectivity index (χ3v) is 4.62. The fourth-order valence-electron chi connectivity index (χ4n) is 1.91. The molecule has 0 aliphatic rings. The number of fused-ring (bicyclic) bond motifs is 1. The zero-order valence-corrected chi connectivity index (χ0v) is 13.7. The van der Waals surface area contributed by atoms with Gasteiger partial charge in [0.15, 0.2) is 0 Å². The maximum atomic E-state index is 5.53. The van der Waals surface area contributed by atoms with E-state index in [2.05, 4.69) is 53.7 Å². The van der Waals surface area contributed by atoms with Gasteiger partial charge in [-0.05, 0) is 23.1 Å². The van der Waals surface area contributed by atoms with Crippen molar-refractivity contribution in [3.63, 3.8) is 0 Å². The molecule has 0 atom stereocenters. The fourth-order valence-corrected chi connectivity index (χ4v) is 2.99. The first-order valence-electron chi connectivity index (χ1n) is 6.62. The normalized spacial score (nSPS) is 13.0. The molecule has 1 aromatic carbocycles. The van der Waals surface area contributed by atoms with E-state index in [1.807, 2.05) is 0 Å². The van der Waals surface area contributed by atoms with Crippen LogP contribution in [-0.2, 0) is 10.8 Å². The number of methoxy groups -OCH3 is 1. The van der Waals surface area contributed by atoms with E-state index in [0.29, 0.717) is 0 Å². The third kappa shape index (κ3) is 2.76. The first kappa shape index (κ1) is 14.3. The lowest BCUT2D eigenvalue weighted by Crippen LogP contribution is -2.11. The number of aromatic nitrogens is 1. The molecular formula is C16H23NOS. The van der Waals surface area contributed by atoms with Gasteiger partial charge in [0.05, 0.1) is 16.8 Å². The smallest absolute Gasteiger partial charge is 0.146 e. The lowest BCUT2D eigenvalue weighted by atomic mass is 9.87. The van der Waals surface area contributed by atoms with Crippen LogP contribution >= 0.6 is 11.3 Å². The summed E-state index contributed by atoms with van der Waals surface area (Å²) in [5, 5.41) is 1.16. The lowest BCUT2D eigenvalue weighted by Gasteiger charge is -2.19. The monoisotopic (exact) mass is 277 g/mol. The van der Waals surface area contributed by atoms with Gasteiger partial charge in [0.25, 0.3) is 0 Å². The average molecular weight is 277 g/mol. The van der Waals surface area contributed by atoms with Gasteiger partial charge >= 0.3 is 0 Å². The zero-order chi connectivity index (χ0) is 14.4. The Morgan fingerprint density at radius 2 is 1.63 bits per heavy atom. The van der Waals surface area contributed by atoms with Gasteiger partial charge in [-0.25, -0.2) is 4.98 Å². The number of hydrogen-bond donors (Lipinski definition) is 0. The van der Waals surface area contributed by atoms with Crippen molar-refractivity contribution in [2.45, 2.75) is 52.4 Å². The average Bonchev–Trinajstić information content (AvgIpc) is 2.69. The van der Waals surface area contributed by atoms with Crippen LogP contribution in [0.15, 0.2) is 12.1 Å². The van der Waals surface area contributed by atoms with Gasteiger partial charge in [0.2, 0.25) is 0 Å². The molecule has 0 aliphatic carbocycles. The fraction of sp³-hybridized carbons (Fsp3) is 0.562. The van der Waals surface area contributed by atoms with E-state index < -0.39 is 0 Å². The summed E-state index contributed by atoms with van der Waals surface area (Å²) in [4.78, 5) is 4.77. The van der Waals surface area contributed by atoms with Crippen LogP contribution in [-0.4, -0.2) is 12.1 Å². The minimum absolute atomic E-state index is 0.0800. The number of rotatable bonds is 1. The van der Waals surface area contributed by atoms with Crippen molar-refractivity contribution in [1.29, 1.82) is 0 Å². The SMILES string of the molecule is COc1cc(C(C)(C)C)cc2sc(C(C)(C)C)nc12. The maximum Gasteiger partial charge on any atom is 0.146 e. The highest BCUT2D eigenvalue weighted by atomic mass is 32.1. The summed E-state index contributed by atoms with van der Waals surface area (Å²) < 4.78 is 6.75. The third-order valence-electron chi connectivity index (χ3n) is 3.19. The zero-order valence-electron chi connectivity index (χ0n) is 12.9. The Morgan fingerprint density at radius 3 is 2.11 bits per heavy atom. The molecule has 0 N–H and O–H groups in total. The second-order valence-corrected chi connectivity index (χ2v) is 8.07. The molecule has 0 radical (unpaired) electrons. The number of nitrogens with zero attached hydrogens (tertiary/aromatic N) is 1. The van der Waals surface area contributed by atoms with Crippen molar-refractivity contribution in [1.82, 2.24) is 4.98 Å². The van der Waals surface area contributed by atoms with Crippen LogP contribution in [0, 0.1) is 0 Å². The van der Waals surface area contributed by atoms with Gasteiger partial charge in [-0.3, -0.25) is 0 Å². The van der Waals surface area contributed by atoms with Gasteiger partial charge in [-0.2, -0.15) is 0 Å². The van der Waals surface area contributed by atoms with Crippen LogP contribution in [0.1, 0.15) is 52.1 Å². The summed E-state index contributed by atoms with van der Waals surface area (Å²) >= 11 is 1.77. The molecule has 0 fully saturated rings. The molecule has 2 rings (SSSR count). The van der Waals surface area contributed by atoms with E-state index in [0.717, 1.165) is 16.3 Å². The van der Waals surface area contributed by atoms with Crippen LogP contribution in [0.25, 0.3) is 10.2 Å². The molecule has 0 bridgehead atoms. The van der Waals surface area contributed by atoms with Crippen molar-refractivity contribution >= 4 is 21.6 Å². The molecule has 2 nitrogen and oxygen atoms in total. The molecular weight excluding hydrogens is 254 g/mol. The molecule has 0 saturated carbocycles. The summed E-state index contributed by atoms with van der Waals surface area (Å²) in [7, 11) is 1.72.